The Morgan fingerprint density at radius 1 is 1.43 bits per heavy atom. The molecular weight excluding hydrogens is 210 g/mol. The van der Waals surface area contributed by atoms with Gasteiger partial charge in [0.1, 0.15) is 5.25 Å². The van der Waals surface area contributed by atoms with Crippen LogP contribution in [0.1, 0.15) is 19.8 Å². The first-order valence-corrected chi connectivity index (χ1v) is 5.75. The van der Waals surface area contributed by atoms with E-state index in [0.29, 0.717) is 0 Å². The number of carboxylic acid groups (broad SMARTS) is 1. The molecule has 0 saturated carbocycles. The van der Waals surface area contributed by atoms with Gasteiger partial charge >= 0.3 is 5.97 Å². The average molecular weight is 223 g/mol. The summed E-state index contributed by atoms with van der Waals surface area (Å²) in [5.74, 6) is -2.70. The average Bonchev–Trinajstić information content (AvgIpc) is 2.01. The number of aliphatic carboxylic acids is 1. The van der Waals surface area contributed by atoms with E-state index in [1.165, 1.54) is 6.92 Å². The molecule has 0 radical (unpaired) electrons. The van der Waals surface area contributed by atoms with Crippen LogP contribution < -0.4 is 5.73 Å². The summed E-state index contributed by atoms with van der Waals surface area (Å²) in [6.45, 7) is 1.51. The van der Waals surface area contributed by atoms with Gasteiger partial charge in [0.25, 0.3) is 0 Å². The van der Waals surface area contributed by atoms with Crippen molar-refractivity contribution in [3.63, 3.8) is 0 Å². The molecule has 0 heterocycles. The number of carboxylic acids is 1. The second-order valence-electron chi connectivity index (χ2n) is 2.81. The minimum atomic E-state index is -3.72. The van der Waals surface area contributed by atoms with Gasteiger partial charge in [-0.2, -0.15) is 0 Å². The molecule has 0 aromatic rings. The van der Waals surface area contributed by atoms with Gasteiger partial charge in [-0.05, 0) is 6.42 Å². The van der Waals surface area contributed by atoms with Crippen molar-refractivity contribution in [3.8, 4) is 0 Å². The molecule has 0 aliphatic carbocycles. The Labute approximate surface area is 82.0 Å². The Morgan fingerprint density at radius 2 is 1.93 bits per heavy atom. The van der Waals surface area contributed by atoms with Crippen molar-refractivity contribution in [1.29, 1.82) is 0 Å². The van der Waals surface area contributed by atoms with Crippen molar-refractivity contribution in [2.24, 2.45) is 5.73 Å². The summed E-state index contributed by atoms with van der Waals surface area (Å²) in [6.07, 6.45) is -0.441. The predicted molar refractivity (Wildman–Crippen MR) is 49.3 cm³/mol. The van der Waals surface area contributed by atoms with Crippen LogP contribution in [0.5, 0.6) is 0 Å². The number of nitrogens with two attached hydrogens (primary N) is 1. The van der Waals surface area contributed by atoms with Crippen LogP contribution in [0.25, 0.3) is 0 Å². The molecule has 0 aromatic carbocycles. The highest BCUT2D eigenvalue weighted by atomic mass is 32.2. The number of rotatable bonds is 6. The van der Waals surface area contributed by atoms with Crippen molar-refractivity contribution >= 4 is 21.7 Å². The Bertz CT molecular complexity index is 321. The van der Waals surface area contributed by atoms with Crippen molar-refractivity contribution < 1.29 is 23.1 Å². The molecule has 3 N–H and O–H groups in total. The lowest BCUT2D eigenvalue weighted by Crippen LogP contribution is -2.37. The highest BCUT2D eigenvalue weighted by Crippen LogP contribution is 2.07. The first-order valence-electron chi connectivity index (χ1n) is 4.04. The van der Waals surface area contributed by atoms with Crippen LogP contribution in [0.2, 0.25) is 0 Å². The van der Waals surface area contributed by atoms with E-state index in [-0.39, 0.29) is 6.42 Å². The van der Waals surface area contributed by atoms with Gasteiger partial charge < -0.3 is 10.8 Å². The first kappa shape index (κ1) is 12.9. The Kier molecular flexibility index (Phi) is 4.55. The van der Waals surface area contributed by atoms with Crippen LogP contribution in [0.15, 0.2) is 0 Å². The fraction of sp³-hybridized carbons (Fsp3) is 0.714. The number of carbonyl (C=O) groups excluding carboxylic acids is 1. The Hall–Kier alpha value is -1.11. The monoisotopic (exact) mass is 223 g/mol. The molecule has 0 aromatic heterocycles. The lowest BCUT2D eigenvalue weighted by Gasteiger charge is -2.10. The molecule has 1 unspecified atom stereocenters. The summed E-state index contributed by atoms with van der Waals surface area (Å²) < 4.78 is 22.7. The Balaban J connectivity index is 4.59. The van der Waals surface area contributed by atoms with Crippen LogP contribution in [-0.4, -0.2) is 36.4 Å². The highest BCUT2D eigenvalue weighted by molar-refractivity contribution is 7.92. The third-order valence-electron chi connectivity index (χ3n) is 1.72. The molecule has 0 fully saturated rings. The van der Waals surface area contributed by atoms with Gasteiger partial charge in [-0.3, -0.25) is 9.59 Å². The van der Waals surface area contributed by atoms with Crippen molar-refractivity contribution in [2.75, 3.05) is 5.75 Å². The van der Waals surface area contributed by atoms with Gasteiger partial charge in [-0.25, -0.2) is 8.42 Å². The molecular formula is C7H13NO5S. The zero-order valence-corrected chi connectivity index (χ0v) is 8.58. The molecule has 1 atom stereocenters. The number of primary amides is 1. The predicted octanol–water partition coefficient (Wildman–Crippen LogP) is -0.860. The molecule has 1 amide bonds. The summed E-state index contributed by atoms with van der Waals surface area (Å²) in [4.78, 5) is 20.9. The first-order chi connectivity index (χ1) is 6.31. The molecule has 0 rings (SSSR count). The van der Waals surface area contributed by atoms with Gasteiger partial charge in [0, 0.05) is 0 Å². The molecule has 14 heavy (non-hydrogen) atoms. The van der Waals surface area contributed by atoms with Gasteiger partial charge in [0.15, 0.2) is 9.84 Å². The fourth-order valence-electron chi connectivity index (χ4n) is 1.00. The summed E-state index contributed by atoms with van der Waals surface area (Å²) in [6, 6.07) is 0. The van der Waals surface area contributed by atoms with Crippen LogP contribution in [0, 0.1) is 0 Å². The standard InChI is InChI=1S/C7H13NO5S/c1-2-5(7(8)11)14(12,13)4-3-6(9)10/h5H,2-4H2,1H3,(H2,8,11)(H,9,10). The van der Waals surface area contributed by atoms with E-state index in [2.05, 4.69) is 0 Å². The van der Waals surface area contributed by atoms with E-state index in [9.17, 15) is 18.0 Å². The molecule has 0 aliphatic rings. The fourth-order valence-corrected chi connectivity index (χ4v) is 2.61. The third-order valence-corrected chi connectivity index (χ3v) is 3.93. The lowest BCUT2D eigenvalue weighted by atomic mass is 10.3. The number of sulfone groups is 1. The summed E-state index contributed by atoms with van der Waals surface area (Å²) >= 11 is 0. The maximum absolute atomic E-state index is 11.3. The summed E-state index contributed by atoms with van der Waals surface area (Å²) in [5, 5.41) is 7.01. The van der Waals surface area contributed by atoms with Gasteiger partial charge in [0.05, 0.1) is 12.2 Å². The molecule has 6 nitrogen and oxygen atoms in total. The number of hydrogen-bond acceptors (Lipinski definition) is 4. The van der Waals surface area contributed by atoms with E-state index in [0.717, 1.165) is 0 Å². The maximum Gasteiger partial charge on any atom is 0.304 e. The zero-order chi connectivity index (χ0) is 11.4. The number of hydrogen-bond donors (Lipinski definition) is 2. The summed E-state index contributed by atoms with van der Waals surface area (Å²) in [7, 11) is -3.72. The zero-order valence-electron chi connectivity index (χ0n) is 7.76. The second-order valence-corrected chi connectivity index (χ2v) is 5.11. The second kappa shape index (κ2) is 4.94. The van der Waals surface area contributed by atoms with Crippen molar-refractivity contribution in [3.05, 3.63) is 0 Å². The lowest BCUT2D eigenvalue weighted by molar-refractivity contribution is -0.136. The quantitative estimate of drug-likeness (QED) is 0.608. The van der Waals surface area contributed by atoms with Crippen LogP contribution in [-0.2, 0) is 19.4 Å². The largest absolute Gasteiger partial charge is 0.481 e. The minimum Gasteiger partial charge on any atom is -0.481 e. The van der Waals surface area contributed by atoms with Crippen LogP contribution in [0.4, 0.5) is 0 Å². The normalized spacial score (nSPS) is 13.5. The third kappa shape index (κ3) is 3.73. The maximum atomic E-state index is 11.3. The SMILES string of the molecule is CCC(C(N)=O)S(=O)(=O)CCC(=O)O. The molecule has 82 valence electrons. The Morgan fingerprint density at radius 3 is 2.21 bits per heavy atom. The van der Waals surface area contributed by atoms with E-state index in [1.807, 2.05) is 0 Å². The van der Waals surface area contributed by atoms with E-state index < -0.39 is 39.1 Å². The number of carbonyl (C=O) groups is 2. The molecule has 0 aliphatic heterocycles. The van der Waals surface area contributed by atoms with E-state index in [4.69, 9.17) is 10.8 Å². The topological polar surface area (TPSA) is 115 Å². The van der Waals surface area contributed by atoms with E-state index >= 15 is 0 Å². The molecule has 0 bridgehead atoms. The number of amides is 1. The van der Waals surface area contributed by atoms with Crippen LogP contribution >= 0.6 is 0 Å². The van der Waals surface area contributed by atoms with Crippen LogP contribution in [0.3, 0.4) is 0 Å². The van der Waals surface area contributed by atoms with E-state index in [1.54, 1.807) is 0 Å². The van der Waals surface area contributed by atoms with Gasteiger partial charge in [0.2, 0.25) is 5.91 Å². The van der Waals surface area contributed by atoms with Crippen molar-refractivity contribution in [2.45, 2.75) is 25.0 Å². The van der Waals surface area contributed by atoms with Gasteiger partial charge in [-0.15, -0.1) is 0 Å². The summed E-state index contributed by atoms with van der Waals surface area (Å²) in [5.41, 5.74) is 4.87. The highest BCUT2D eigenvalue weighted by Gasteiger charge is 2.29. The minimum absolute atomic E-state index is 0.0668. The molecule has 0 spiro atoms. The van der Waals surface area contributed by atoms with Gasteiger partial charge in [-0.1, -0.05) is 6.92 Å². The smallest absolute Gasteiger partial charge is 0.304 e. The van der Waals surface area contributed by atoms with Crippen molar-refractivity contribution in [1.82, 2.24) is 0 Å². The molecule has 0 saturated heterocycles. The molecule has 7 heteroatoms.